The third-order valence-corrected chi connectivity index (χ3v) is 2.60. The number of nitrogens with one attached hydrogen (secondary N) is 1. The van der Waals surface area contributed by atoms with Gasteiger partial charge in [0.2, 0.25) is 0 Å². The zero-order chi connectivity index (χ0) is 14.4. The number of rotatable bonds is 6. The number of hydrogen-bond donors (Lipinski definition) is 2. The van der Waals surface area contributed by atoms with Crippen LogP contribution >= 0.6 is 0 Å². The molecule has 1 aromatic rings. The molecule has 0 amide bonds. The molecule has 0 saturated heterocycles. The fourth-order valence-electron chi connectivity index (χ4n) is 1.67. The molecule has 0 radical (unpaired) electrons. The average Bonchev–Trinajstić information content (AvgIpc) is 2.35. The lowest BCUT2D eigenvalue weighted by Gasteiger charge is -2.12. The standard InChI is InChI=1S/C13H14N2O4/c1-3-5-9(2)14-8-10-6-4-7-11(15(18)19)12(10)13(16)17/h1,4,6-7,9,14H,5,8H2,2H3,(H,16,17). The molecule has 6 nitrogen and oxygen atoms in total. The number of carboxylic acids is 1. The summed E-state index contributed by atoms with van der Waals surface area (Å²) in [7, 11) is 0. The van der Waals surface area contributed by atoms with Crippen molar-refractivity contribution in [2.75, 3.05) is 0 Å². The highest BCUT2D eigenvalue weighted by molar-refractivity contribution is 5.94. The van der Waals surface area contributed by atoms with Crippen molar-refractivity contribution in [1.29, 1.82) is 0 Å². The summed E-state index contributed by atoms with van der Waals surface area (Å²) in [6.07, 6.45) is 5.66. The molecule has 19 heavy (non-hydrogen) atoms. The van der Waals surface area contributed by atoms with Crippen LogP contribution in [0, 0.1) is 22.5 Å². The molecule has 0 aliphatic carbocycles. The maximum Gasteiger partial charge on any atom is 0.343 e. The van der Waals surface area contributed by atoms with Gasteiger partial charge in [-0.25, -0.2) is 4.79 Å². The Hall–Kier alpha value is -2.39. The van der Waals surface area contributed by atoms with Gasteiger partial charge in [-0.05, 0) is 12.5 Å². The number of aromatic carboxylic acids is 1. The fourth-order valence-corrected chi connectivity index (χ4v) is 1.67. The molecule has 0 aromatic heterocycles. The van der Waals surface area contributed by atoms with Crippen molar-refractivity contribution in [3.8, 4) is 12.3 Å². The van der Waals surface area contributed by atoms with Gasteiger partial charge in [0.1, 0.15) is 5.56 Å². The molecule has 0 heterocycles. The van der Waals surface area contributed by atoms with Crippen molar-refractivity contribution < 1.29 is 14.8 Å². The van der Waals surface area contributed by atoms with Crippen LogP contribution in [0.5, 0.6) is 0 Å². The van der Waals surface area contributed by atoms with E-state index in [9.17, 15) is 14.9 Å². The van der Waals surface area contributed by atoms with Gasteiger partial charge in [-0.15, -0.1) is 12.3 Å². The topological polar surface area (TPSA) is 92.5 Å². The van der Waals surface area contributed by atoms with Gasteiger partial charge in [-0.2, -0.15) is 0 Å². The van der Waals surface area contributed by atoms with Crippen LogP contribution < -0.4 is 5.32 Å². The number of nitro benzene ring substituents is 1. The molecule has 0 aliphatic heterocycles. The van der Waals surface area contributed by atoms with Crippen molar-refractivity contribution in [3.05, 3.63) is 39.4 Å². The predicted octanol–water partition coefficient (Wildman–Crippen LogP) is 1.79. The van der Waals surface area contributed by atoms with Crippen LogP contribution in [0.15, 0.2) is 18.2 Å². The first-order valence-corrected chi connectivity index (χ1v) is 5.63. The van der Waals surface area contributed by atoms with Crippen LogP contribution in [0.3, 0.4) is 0 Å². The van der Waals surface area contributed by atoms with Crippen molar-refractivity contribution >= 4 is 11.7 Å². The highest BCUT2D eigenvalue weighted by Crippen LogP contribution is 2.22. The zero-order valence-corrected chi connectivity index (χ0v) is 10.4. The average molecular weight is 262 g/mol. The van der Waals surface area contributed by atoms with E-state index in [2.05, 4.69) is 11.2 Å². The summed E-state index contributed by atoms with van der Waals surface area (Å²) in [5.74, 6) is 1.17. The summed E-state index contributed by atoms with van der Waals surface area (Å²) >= 11 is 0. The van der Waals surface area contributed by atoms with E-state index in [4.69, 9.17) is 11.5 Å². The second-order valence-corrected chi connectivity index (χ2v) is 4.06. The lowest BCUT2D eigenvalue weighted by Crippen LogP contribution is -2.26. The monoisotopic (exact) mass is 262 g/mol. The van der Waals surface area contributed by atoms with E-state index in [-0.39, 0.29) is 18.2 Å². The van der Waals surface area contributed by atoms with E-state index >= 15 is 0 Å². The van der Waals surface area contributed by atoms with E-state index in [1.165, 1.54) is 12.1 Å². The van der Waals surface area contributed by atoms with Crippen LogP contribution in [0.1, 0.15) is 29.3 Å². The van der Waals surface area contributed by atoms with Gasteiger partial charge in [0.15, 0.2) is 0 Å². The van der Waals surface area contributed by atoms with E-state index in [1.54, 1.807) is 6.07 Å². The van der Waals surface area contributed by atoms with Crippen molar-refractivity contribution in [2.45, 2.75) is 25.9 Å². The number of carboxylic acid groups (broad SMARTS) is 1. The Morgan fingerprint density at radius 1 is 1.63 bits per heavy atom. The lowest BCUT2D eigenvalue weighted by atomic mass is 10.0. The van der Waals surface area contributed by atoms with Crippen LogP contribution in [0.25, 0.3) is 0 Å². The first kappa shape index (κ1) is 14.7. The smallest absolute Gasteiger partial charge is 0.343 e. The molecule has 1 atom stereocenters. The van der Waals surface area contributed by atoms with Gasteiger partial charge in [0.05, 0.1) is 4.92 Å². The van der Waals surface area contributed by atoms with E-state index in [1.807, 2.05) is 6.92 Å². The van der Waals surface area contributed by atoms with E-state index < -0.39 is 16.6 Å². The highest BCUT2D eigenvalue weighted by Gasteiger charge is 2.23. The summed E-state index contributed by atoms with van der Waals surface area (Å²) < 4.78 is 0. The lowest BCUT2D eigenvalue weighted by molar-refractivity contribution is -0.385. The summed E-state index contributed by atoms with van der Waals surface area (Å²) in [6.45, 7) is 2.07. The van der Waals surface area contributed by atoms with Gasteiger partial charge in [-0.1, -0.05) is 12.1 Å². The molecule has 0 saturated carbocycles. The summed E-state index contributed by atoms with van der Waals surface area (Å²) in [4.78, 5) is 21.3. The SMILES string of the molecule is C#CCC(C)NCc1cccc([N+](=O)[O-])c1C(=O)O. The van der Waals surface area contributed by atoms with Crippen LogP contribution in [-0.2, 0) is 6.54 Å². The van der Waals surface area contributed by atoms with Gasteiger partial charge >= 0.3 is 5.97 Å². The third-order valence-electron chi connectivity index (χ3n) is 2.60. The van der Waals surface area contributed by atoms with Gasteiger partial charge in [0.25, 0.3) is 5.69 Å². The summed E-state index contributed by atoms with van der Waals surface area (Å²) in [5.41, 5.74) is -0.324. The maximum atomic E-state index is 11.2. The zero-order valence-electron chi connectivity index (χ0n) is 10.4. The molecule has 0 aliphatic rings. The third kappa shape index (κ3) is 3.79. The molecule has 2 N–H and O–H groups in total. The highest BCUT2D eigenvalue weighted by atomic mass is 16.6. The Balaban J connectivity index is 3.01. The quantitative estimate of drug-likeness (QED) is 0.463. The molecule has 1 aromatic carbocycles. The Morgan fingerprint density at radius 3 is 2.84 bits per heavy atom. The van der Waals surface area contributed by atoms with Gasteiger partial charge < -0.3 is 10.4 Å². The number of nitro groups is 1. The van der Waals surface area contributed by atoms with Crippen LogP contribution in [0.2, 0.25) is 0 Å². The van der Waals surface area contributed by atoms with Crippen molar-refractivity contribution in [3.63, 3.8) is 0 Å². The summed E-state index contributed by atoms with van der Waals surface area (Å²) in [6, 6.07) is 4.20. The molecule has 1 unspecified atom stereocenters. The molecule has 0 fully saturated rings. The summed E-state index contributed by atoms with van der Waals surface area (Å²) in [5, 5.41) is 22.9. The fraction of sp³-hybridized carbons (Fsp3) is 0.308. The van der Waals surface area contributed by atoms with Crippen molar-refractivity contribution in [1.82, 2.24) is 5.32 Å². The minimum Gasteiger partial charge on any atom is -0.477 e. The number of nitrogens with zero attached hydrogens (tertiary/aromatic N) is 1. The first-order chi connectivity index (χ1) is 8.97. The molecule has 6 heteroatoms. The van der Waals surface area contributed by atoms with E-state index in [0.717, 1.165) is 0 Å². The second-order valence-electron chi connectivity index (χ2n) is 4.06. The normalized spacial score (nSPS) is 11.6. The maximum absolute atomic E-state index is 11.2. The molecule has 0 spiro atoms. The predicted molar refractivity (Wildman–Crippen MR) is 69.8 cm³/mol. The number of carbonyl (C=O) groups is 1. The second kappa shape index (κ2) is 6.52. The Morgan fingerprint density at radius 2 is 2.32 bits per heavy atom. The van der Waals surface area contributed by atoms with Gasteiger partial charge in [0, 0.05) is 25.1 Å². The number of hydrogen-bond acceptors (Lipinski definition) is 4. The largest absolute Gasteiger partial charge is 0.477 e. The van der Waals surface area contributed by atoms with Crippen molar-refractivity contribution in [2.24, 2.45) is 0 Å². The first-order valence-electron chi connectivity index (χ1n) is 5.63. The number of terminal acetylenes is 1. The van der Waals surface area contributed by atoms with Gasteiger partial charge in [-0.3, -0.25) is 10.1 Å². The van der Waals surface area contributed by atoms with Crippen LogP contribution in [-0.4, -0.2) is 22.0 Å². The molecular formula is C13H14N2O4. The molecular weight excluding hydrogens is 248 g/mol. The molecule has 1 rings (SSSR count). The Labute approximate surface area is 110 Å². The number of benzene rings is 1. The van der Waals surface area contributed by atoms with E-state index in [0.29, 0.717) is 12.0 Å². The Bertz CT molecular complexity index is 534. The van der Waals surface area contributed by atoms with Crippen LogP contribution in [0.4, 0.5) is 5.69 Å². The molecule has 0 bridgehead atoms. The molecule has 100 valence electrons. The Kier molecular flexibility index (Phi) is 5.03. The minimum absolute atomic E-state index is 0.00547. The minimum atomic E-state index is -1.31.